The summed E-state index contributed by atoms with van der Waals surface area (Å²) >= 11 is 0. The van der Waals surface area contributed by atoms with Crippen molar-refractivity contribution in [3.8, 4) is 0 Å². The first kappa shape index (κ1) is 23.6. The van der Waals surface area contributed by atoms with Crippen molar-refractivity contribution in [3.63, 3.8) is 0 Å². The maximum absolute atomic E-state index is 14.0. The van der Waals surface area contributed by atoms with Crippen molar-refractivity contribution in [2.24, 2.45) is 0 Å². The third kappa shape index (κ3) is 5.02. The lowest BCUT2D eigenvalue weighted by Gasteiger charge is -2.36. The molecule has 0 spiro atoms. The minimum Gasteiger partial charge on any atom is -0.368 e. The molecule has 178 valence electrons. The van der Waals surface area contributed by atoms with Gasteiger partial charge in [-0.2, -0.15) is 17.0 Å². The van der Waals surface area contributed by atoms with Crippen LogP contribution in [-0.4, -0.2) is 67.6 Å². The molecular formula is C23H28F2N4O3S. The zero-order valence-corrected chi connectivity index (χ0v) is 19.6. The Kier molecular flexibility index (Phi) is 6.69. The fraction of sp³-hybridized carbons (Fsp3) is 0.435. The number of rotatable bonds is 5. The summed E-state index contributed by atoms with van der Waals surface area (Å²) in [5, 5.41) is 0. The highest BCUT2D eigenvalue weighted by Crippen LogP contribution is 2.28. The molecule has 7 nitrogen and oxygen atoms in total. The van der Waals surface area contributed by atoms with Gasteiger partial charge in [-0.05, 0) is 47.9 Å². The zero-order chi connectivity index (χ0) is 23.8. The number of amides is 1. The Morgan fingerprint density at radius 2 is 1.73 bits per heavy atom. The normalized spacial score (nSPS) is 17.4. The lowest BCUT2D eigenvalue weighted by atomic mass is 10.00. The maximum atomic E-state index is 14.0. The Balaban J connectivity index is 1.44. The highest BCUT2D eigenvalue weighted by atomic mass is 32.2. The molecule has 1 fully saturated rings. The van der Waals surface area contributed by atoms with E-state index in [2.05, 4.69) is 11.0 Å². The van der Waals surface area contributed by atoms with Crippen molar-refractivity contribution in [2.75, 3.05) is 44.7 Å². The third-order valence-electron chi connectivity index (χ3n) is 6.38. The Morgan fingerprint density at radius 3 is 2.42 bits per heavy atom. The number of fused-ring (bicyclic) bond motifs is 1. The number of hydrogen-bond acceptors (Lipinski definition) is 4. The standard InChI is InChI=1S/C23H28F2N4O3S/c1-17(30)27-9-11-28(12-10-27)22-5-3-19-16-29(8-7-18(19)14-22)33(31,32)26(2)15-20-13-21(24)4-6-23(20)25/h3-6,13-14H,7-12,15-16H2,1-2H3. The lowest BCUT2D eigenvalue weighted by molar-refractivity contribution is -0.129. The van der Waals surface area contributed by atoms with Crippen molar-refractivity contribution in [1.82, 2.24) is 13.5 Å². The van der Waals surface area contributed by atoms with Gasteiger partial charge in [0.1, 0.15) is 11.6 Å². The van der Waals surface area contributed by atoms with E-state index in [1.807, 2.05) is 17.0 Å². The van der Waals surface area contributed by atoms with E-state index in [1.54, 1.807) is 6.92 Å². The summed E-state index contributed by atoms with van der Waals surface area (Å²) in [4.78, 5) is 15.6. The Labute approximate surface area is 193 Å². The number of halogens is 2. The van der Waals surface area contributed by atoms with Gasteiger partial charge >= 0.3 is 0 Å². The van der Waals surface area contributed by atoms with E-state index >= 15 is 0 Å². The van der Waals surface area contributed by atoms with E-state index in [0.717, 1.165) is 52.4 Å². The number of carbonyl (C=O) groups excluding carboxylic acids is 1. The highest BCUT2D eigenvalue weighted by Gasteiger charge is 2.31. The molecule has 2 heterocycles. The van der Waals surface area contributed by atoms with Gasteiger partial charge in [-0.15, -0.1) is 0 Å². The van der Waals surface area contributed by atoms with Crippen LogP contribution >= 0.6 is 0 Å². The van der Waals surface area contributed by atoms with Crippen molar-refractivity contribution in [2.45, 2.75) is 26.4 Å². The van der Waals surface area contributed by atoms with Gasteiger partial charge in [-0.25, -0.2) is 8.78 Å². The number of hydrogen-bond donors (Lipinski definition) is 0. The number of anilines is 1. The fourth-order valence-corrected chi connectivity index (χ4v) is 5.69. The molecule has 33 heavy (non-hydrogen) atoms. The summed E-state index contributed by atoms with van der Waals surface area (Å²) < 4.78 is 56.1. The molecule has 0 atom stereocenters. The van der Waals surface area contributed by atoms with E-state index in [1.165, 1.54) is 11.4 Å². The van der Waals surface area contributed by atoms with Crippen LogP contribution in [0.25, 0.3) is 0 Å². The van der Waals surface area contributed by atoms with Gasteiger partial charge in [-0.3, -0.25) is 4.79 Å². The van der Waals surface area contributed by atoms with Crippen LogP contribution in [0.5, 0.6) is 0 Å². The summed E-state index contributed by atoms with van der Waals surface area (Å²) in [6.45, 7) is 4.79. The monoisotopic (exact) mass is 478 g/mol. The van der Waals surface area contributed by atoms with Crippen LogP contribution in [0, 0.1) is 11.6 Å². The van der Waals surface area contributed by atoms with Gasteiger partial charge < -0.3 is 9.80 Å². The molecule has 0 radical (unpaired) electrons. The van der Waals surface area contributed by atoms with Crippen LogP contribution in [0.4, 0.5) is 14.5 Å². The molecule has 1 amide bonds. The summed E-state index contributed by atoms with van der Waals surface area (Å²) in [7, 11) is -2.47. The molecule has 1 saturated heterocycles. The molecule has 0 aliphatic carbocycles. The minimum atomic E-state index is -3.85. The average molecular weight is 479 g/mol. The second kappa shape index (κ2) is 9.36. The molecular weight excluding hydrogens is 450 g/mol. The molecule has 2 aromatic carbocycles. The predicted molar refractivity (Wildman–Crippen MR) is 122 cm³/mol. The quantitative estimate of drug-likeness (QED) is 0.662. The molecule has 0 unspecified atom stereocenters. The van der Waals surface area contributed by atoms with Crippen LogP contribution in [-0.2, 0) is 34.5 Å². The number of nitrogens with zero attached hydrogens (tertiary/aromatic N) is 4. The fourth-order valence-electron chi connectivity index (χ4n) is 4.37. The van der Waals surface area contributed by atoms with Gasteiger partial charge in [0.15, 0.2) is 0 Å². The van der Waals surface area contributed by atoms with Crippen LogP contribution in [0.2, 0.25) is 0 Å². The number of piperazine rings is 1. The minimum absolute atomic E-state index is 0.00648. The largest absolute Gasteiger partial charge is 0.368 e. The third-order valence-corrected chi connectivity index (χ3v) is 8.26. The first-order valence-electron chi connectivity index (χ1n) is 10.9. The van der Waals surface area contributed by atoms with E-state index in [0.29, 0.717) is 26.1 Å². The lowest BCUT2D eigenvalue weighted by Crippen LogP contribution is -2.48. The molecule has 2 aliphatic rings. The summed E-state index contributed by atoms with van der Waals surface area (Å²) in [5.41, 5.74) is 3.10. The Bertz CT molecular complexity index is 1150. The molecule has 0 bridgehead atoms. The van der Waals surface area contributed by atoms with Crippen molar-refractivity contribution >= 4 is 21.8 Å². The number of carbonyl (C=O) groups is 1. The topological polar surface area (TPSA) is 64.2 Å². The van der Waals surface area contributed by atoms with Crippen molar-refractivity contribution in [1.29, 1.82) is 0 Å². The first-order valence-corrected chi connectivity index (χ1v) is 12.3. The number of benzene rings is 2. The summed E-state index contributed by atoms with van der Waals surface area (Å²) in [6.07, 6.45) is 0.567. The average Bonchev–Trinajstić information content (AvgIpc) is 2.80. The van der Waals surface area contributed by atoms with Crippen LogP contribution in [0.1, 0.15) is 23.6 Å². The van der Waals surface area contributed by atoms with Gasteiger partial charge in [0, 0.05) is 71.0 Å². The zero-order valence-electron chi connectivity index (χ0n) is 18.8. The van der Waals surface area contributed by atoms with E-state index in [-0.39, 0.29) is 24.6 Å². The smallest absolute Gasteiger partial charge is 0.282 e. The summed E-state index contributed by atoms with van der Waals surface area (Å²) in [5.74, 6) is -1.16. The molecule has 2 aromatic rings. The van der Waals surface area contributed by atoms with Crippen LogP contribution < -0.4 is 4.90 Å². The highest BCUT2D eigenvalue weighted by molar-refractivity contribution is 7.86. The van der Waals surface area contributed by atoms with E-state index < -0.39 is 21.8 Å². The van der Waals surface area contributed by atoms with Gasteiger partial charge in [0.25, 0.3) is 10.2 Å². The molecule has 0 saturated carbocycles. The Morgan fingerprint density at radius 1 is 1.00 bits per heavy atom. The molecule has 10 heteroatoms. The molecule has 4 rings (SSSR count). The second-order valence-electron chi connectivity index (χ2n) is 8.53. The molecule has 0 aromatic heterocycles. The van der Waals surface area contributed by atoms with Crippen LogP contribution in [0.15, 0.2) is 36.4 Å². The van der Waals surface area contributed by atoms with Crippen molar-refractivity contribution < 1.29 is 22.0 Å². The molecule has 2 aliphatic heterocycles. The van der Waals surface area contributed by atoms with Crippen molar-refractivity contribution in [3.05, 3.63) is 64.7 Å². The van der Waals surface area contributed by atoms with Gasteiger partial charge in [0.2, 0.25) is 5.91 Å². The first-order chi connectivity index (χ1) is 15.6. The predicted octanol–water partition coefficient (Wildman–Crippen LogP) is 2.37. The van der Waals surface area contributed by atoms with E-state index in [9.17, 15) is 22.0 Å². The van der Waals surface area contributed by atoms with Crippen LogP contribution in [0.3, 0.4) is 0 Å². The van der Waals surface area contributed by atoms with E-state index in [4.69, 9.17) is 0 Å². The van der Waals surface area contributed by atoms with Gasteiger partial charge in [0.05, 0.1) is 0 Å². The summed E-state index contributed by atoms with van der Waals surface area (Å²) in [6, 6.07) is 9.07. The SMILES string of the molecule is CC(=O)N1CCN(c2ccc3c(c2)CCN(S(=O)(=O)N(C)Cc2cc(F)ccc2F)C3)CC1. The Hall–Kier alpha value is -2.56. The molecule has 0 N–H and O–H groups in total. The van der Waals surface area contributed by atoms with Gasteiger partial charge in [-0.1, -0.05) is 6.07 Å². The second-order valence-corrected chi connectivity index (χ2v) is 10.6. The maximum Gasteiger partial charge on any atom is 0.282 e.